The number of ether oxygens (including phenoxy) is 1. The molecule has 0 fully saturated rings. The number of halogens is 3. The lowest BCUT2D eigenvalue weighted by Crippen LogP contribution is -2.28. The molecule has 136 valence electrons. The summed E-state index contributed by atoms with van der Waals surface area (Å²) in [5.41, 5.74) is -3.89. The molecular weight excluding hydrogens is 383 g/mol. The number of alkyl halides is 3. The van der Waals surface area contributed by atoms with Gasteiger partial charge in [0, 0.05) is 16.3 Å². The third kappa shape index (κ3) is 2.65. The first-order valence-corrected chi connectivity index (χ1v) is 8.88. The summed E-state index contributed by atoms with van der Waals surface area (Å²) in [4.78, 5) is 3.34. The zero-order valence-electron chi connectivity index (χ0n) is 13.2. The molecule has 0 amide bonds. The molecule has 0 unspecified atom stereocenters. The van der Waals surface area contributed by atoms with E-state index in [-0.39, 0.29) is 5.39 Å². The molecule has 1 heterocycles. The van der Waals surface area contributed by atoms with E-state index in [0.717, 1.165) is 6.07 Å². The maximum atomic E-state index is 12.7. The Hall–Kier alpha value is -3.25. The Kier molecular flexibility index (Phi) is 3.58. The van der Waals surface area contributed by atoms with Crippen LogP contribution in [0.2, 0.25) is 0 Å². The molecule has 0 aliphatic carbocycles. The maximum absolute atomic E-state index is 12.7. The first-order valence-electron chi connectivity index (χ1n) is 7.47. The van der Waals surface area contributed by atoms with E-state index >= 15 is 0 Å². The fourth-order valence-corrected chi connectivity index (χ4v) is 3.38. The topological polar surface area (TPSA) is 57.0 Å². The third-order valence-corrected chi connectivity index (χ3v) is 5.02. The van der Waals surface area contributed by atoms with Crippen LogP contribution in [0.5, 0.6) is 17.2 Å². The molecule has 0 atom stereocenters. The van der Waals surface area contributed by atoms with E-state index in [1.807, 2.05) is 0 Å². The Balaban J connectivity index is 1.93. The molecule has 0 N–H and O–H groups in total. The Morgan fingerprint density at radius 2 is 1.78 bits per heavy atom. The smallest absolute Gasteiger partial charge is 0.457 e. The van der Waals surface area contributed by atoms with Gasteiger partial charge in [0.2, 0.25) is 0 Å². The lowest BCUT2D eigenvalue weighted by atomic mass is 9.94. The fourth-order valence-electron chi connectivity index (χ4n) is 2.90. The predicted molar refractivity (Wildman–Crippen MR) is 91.3 cm³/mol. The van der Waals surface area contributed by atoms with Crippen molar-refractivity contribution in [1.82, 2.24) is 0 Å². The molecule has 3 aromatic rings. The van der Waals surface area contributed by atoms with Crippen molar-refractivity contribution in [2.75, 3.05) is 0 Å². The minimum absolute atomic E-state index is 0.165. The summed E-state index contributed by atoms with van der Waals surface area (Å²) >= 11 is 0. The van der Waals surface area contributed by atoms with Gasteiger partial charge in [-0.05, 0) is 23.8 Å². The largest absolute Gasteiger partial charge is 0.534 e. The van der Waals surface area contributed by atoms with Crippen LogP contribution in [0.4, 0.5) is 18.9 Å². The average Bonchev–Trinajstić information content (AvgIpc) is 2.62. The Labute approximate surface area is 151 Å². The summed E-state index contributed by atoms with van der Waals surface area (Å²) in [6, 6.07) is 12.0. The minimum Gasteiger partial charge on any atom is -0.457 e. The van der Waals surface area contributed by atoms with Crippen LogP contribution >= 0.6 is 0 Å². The average molecular weight is 391 g/mol. The van der Waals surface area contributed by atoms with Gasteiger partial charge in [-0.3, -0.25) is 0 Å². The quantitative estimate of drug-likeness (QED) is 0.261. The maximum Gasteiger partial charge on any atom is 0.534 e. The number of nitrogens with zero attached hydrogens (tertiary/aromatic N) is 1. The van der Waals surface area contributed by atoms with Gasteiger partial charge in [0.25, 0.3) is 0 Å². The summed E-state index contributed by atoms with van der Waals surface area (Å²) < 4.78 is 70.9. The van der Waals surface area contributed by atoms with E-state index in [9.17, 15) is 21.6 Å². The second kappa shape index (κ2) is 5.62. The van der Waals surface area contributed by atoms with Crippen LogP contribution in [0.1, 0.15) is 0 Å². The predicted octanol–water partition coefficient (Wildman–Crippen LogP) is 5.39. The van der Waals surface area contributed by atoms with Gasteiger partial charge in [-0.25, -0.2) is 4.85 Å². The standard InChI is InChI=1S/C18H8F3NO4S/c1-22-10-5-6-11-12-3-2-4-13-14(26-27(23,24)18(19,20)21)7-8-15(17(12)13)25-16(11)9-10/h2-9H. The van der Waals surface area contributed by atoms with Gasteiger partial charge in [-0.1, -0.05) is 30.3 Å². The molecule has 0 spiro atoms. The highest BCUT2D eigenvalue weighted by atomic mass is 32.2. The van der Waals surface area contributed by atoms with Crippen LogP contribution in [0.15, 0.2) is 48.5 Å². The van der Waals surface area contributed by atoms with Gasteiger partial charge in [0.05, 0.1) is 6.57 Å². The highest BCUT2D eigenvalue weighted by Gasteiger charge is 2.48. The molecule has 3 aromatic carbocycles. The lowest BCUT2D eigenvalue weighted by Gasteiger charge is -2.22. The Bertz CT molecular complexity index is 1240. The molecule has 9 heteroatoms. The van der Waals surface area contributed by atoms with Gasteiger partial charge in [-0.15, -0.1) is 0 Å². The third-order valence-electron chi connectivity index (χ3n) is 4.05. The first kappa shape index (κ1) is 17.2. The molecule has 0 aromatic heterocycles. The van der Waals surface area contributed by atoms with Gasteiger partial charge in [-0.2, -0.15) is 21.6 Å². The summed E-state index contributed by atoms with van der Waals surface area (Å²) in [5, 5.41) is 0.591. The lowest BCUT2D eigenvalue weighted by molar-refractivity contribution is -0.0499. The minimum atomic E-state index is -5.80. The van der Waals surface area contributed by atoms with Crippen molar-refractivity contribution in [1.29, 1.82) is 0 Å². The summed E-state index contributed by atoms with van der Waals surface area (Å²) in [6.45, 7) is 7.09. The van der Waals surface area contributed by atoms with Crippen LogP contribution in [-0.2, 0) is 10.1 Å². The van der Waals surface area contributed by atoms with E-state index in [1.54, 1.807) is 30.3 Å². The van der Waals surface area contributed by atoms with Crippen LogP contribution in [0.25, 0.3) is 26.7 Å². The number of hydrogen-bond donors (Lipinski definition) is 0. The first-order chi connectivity index (χ1) is 12.7. The van der Waals surface area contributed by atoms with E-state index in [1.165, 1.54) is 12.1 Å². The van der Waals surface area contributed by atoms with Crippen molar-refractivity contribution in [2.24, 2.45) is 0 Å². The van der Waals surface area contributed by atoms with Gasteiger partial charge >= 0.3 is 15.6 Å². The molecule has 0 saturated heterocycles. The molecule has 27 heavy (non-hydrogen) atoms. The van der Waals surface area contributed by atoms with Crippen molar-refractivity contribution >= 4 is 26.6 Å². The molecule has 0 bridgehead atoms. The number of benzene rings is 3. The van der Waals surface area contributed by atoms with Crippen LogP contribution in [0.3, 0.4) is 0 Å². The molecular formula is C18H8F3NO4S. The number of hydrogen-bond acceptors (Lipinski definition) is 4. The van der Waals surface area contributed by atoms with Crippen molar-refractivity contribution in [2.45, 2.75) is 5.51 Å². The number of fused-ring (bicyclic) bond motifs is 2. The fraction of sp³-hybridized carbons (Fsp3) is 0.0556. The van der Waals surface area contributed by atoms with E-state index in [2.05, 4.69) is 9.03 Å². The monoisotopic (exact) mass is 391 g/mol. The molecule has 1 aliphatic heterocycles. The molecule has 5 nitrogen and oxygen atoms in total. The summed E-state index contributed by atoms with van der Waals surface area (Å²) in [6.07, 6.45) is 0. The molecule has 1 aliphatic rings. The van der Waals surface area contributed by atoms with Crippen molar-refractivity contribution in [3.63, 3.8) is 0 Å². The van der Waals surface area contributed by atoms with Gasteiger partial charge < -0.3 is 8.92 Å². The normalized spacial score (nSPS) is 12.8. The zero-order valence-corrected chi connectivity index (χ0v) is 14.1. The van der Waals surface area contributed by atoms with E-state index < -0.39 is 21.4 Å². The number of rotatable bonds is 2. The van der Waals surface area contributed by atoms with Crippen molar-refractivity contribution in [3.05, 3.63) is 59.9 Å². The summed E-state index contributed by atoms with van der Waals surface area (Å²) in [7, 11) is -5.80. The zero-order chi connectivity index (χ0) is 19.4. The van der Waals surface area contributed by atoms with Crippen molar-refractivity contribution in [3.8, 4) is 28.4 Å². The van der Waals surface area contributed by atoms with Gasteiger partial charge in [0.15, 0.2) is 11.4 Å². The van der Waals surface area contributed by atoms with Crippen LogP contribution in [0, 0.1) is 6.57 Å². The van der Waals surface area contributed by atoms with E-state index in [4.69, 9.17) is 11.3 Å². The highest BCUT2D eigenvalue weighted by Crippen LogP contribution is 2.49. The van der Waals surface area contributed by atoms with Crippen molar-refractivity contribution < 1.29 is 30.5 Å². The van der Waals surface area contributed by atoms with Gasteiger partial charge in [0.1, 0.15) is 11.5 Å². The Morgan fingerprint density at radius 1 is 1.00 bits per heavy atom. The summed E-state index contributed by atoms with van der Waals surface area (Å²) in [5.74, 6) is 0.310. The van der Waals surface area contributed by atoms with E-state index in [0.29, 0.717) is 33.7 Å². The Morgan fingerprint density at radius 3 is 2.48 bits per heavy atom. The molecule has 0 saturated carbocycles. The second-order valence-electron chi connectivity index (χ2n) is 5.67. The van der Waals surface area contributed by atoms with Crippen LogP contribution in [-0.4, -0.2) is 13.9 Å². The molecule has 4 rings (SSSR count). The highest BCUT2D eigenvalue weighted by molar-refractivity contribution is 7.88. The SMILES string of the molecule is [C-]#[N+]c1ccc2c(c1)Oc1ccc(OS(=O)(=O)C(F)(F)F)c3cccc-2c13. The van der Waals surface area contributed by atoms with Crippen LogP contribution < -0.4 is 8.92 Å². The molecule has 0 radical (unpaired) electrons. The second-order valence-corrected chi connectivity index (χ2v) is 7.21.